The number of rotatable bonds is 6. The van der Waals surface area contributed by atoms with Gasteiger partial charge in [-0.25, -0.2) is 8.42 Å². The number of hydrogen-bond acceptors (Lipinski definition) is 5. The fourth-order valence-corrected chi connectivity index (χ4v) is 4.22. The third kappa shape index (κ3) is 6.32. The third-order valence-electron chi connectivity index (χ3n) is 5.33. The van der Waals surface area contributed by atoms with Gasteiger partial charge in [0.25, 0.3) is 11.8 Å². The summed E-state index contributed by atoms with van der Waals surface area (Å²) in [4.78, 5) is 40.7. The van der Waals surface area contributed by atoms with Gasteiger partial charge in [0, 0.05) is 44.4 Å². The first-order valence-electron chi connectivity index (χ1n) is 10.6. The number of anilines is 2. The molecule has 0 aliphatic carbocycles. The number of sulfonamides is 1. The maximum atomic E-state index is 13.2. The summed E-state index contributed by atoms with van der Waals surface area (Å²) < 4.78 is 25.9. The zero-order chi connectivity index (χ0) is 24.2. The molecular formula is C23H28N4O5S. The molecule has 3 rings (SSSR count). The maximum absolute atomic E-state index is 13.2. The van der Waals surface area contributed by atoms with Gasteiger partial charge in [0.2, 0.25) is 15.9 Å². The molecule has 0 bridgehead atoms. The highest BCUT2D eigenvalue weighted by molar-refractivity contribution is 7.92. The Bertz CT molecular complexity index is 1150. The second kappa shape index (κ2) is 10.0. The van der Waals surface area contributed by atoms with E-state index in [-0.39, 0.29) is 29.0 Å². The molecule has 33 heavy (non-hydrogen) atoms. The first-order valence-corrected chi connectivity index (χ1v) is 12.5. The molecule has 1 aliphatic rings. The van der Waals surface area contributed by atoms with Gasteiger partial charge in [0.05, 0.1) is 17.5 Å². The van der Waals surface area contributed by atoms with E-state index in [0.717, 1.165) is 18.2 Å². The minimum atomic E-state index is -3.62. The second-order valence-corrected chi connectivity index (χ2v) is 9.70. The smallest absolute Gasteiger partial charge is 0.256 e. The van der Waals surface area contributed by atoms with Gasteiger partial charge < -0.3 is 15.1 Å². The van der Waals surface area contributed by atoms with Gasteiger partial charge in [-0.3, -0.25) is 19.1 Å². The standard InChI is InChI=1S/C23H28N4O5S/c1-4-17-5-7-18(8-6-17)22(29)26-11-13-27(14-12-26)23(30)20-15-19(24-16(2)28)9-10-21(20)25-33(3,31)32/h5-10,15,25H,4,11-14H2,1-3H3,(H,24,28). The summed E-state index contributed by atoms with van der Waals surface area (Å²) in [6.07, 6.45) is 1.90. The summed E-state index contributed by atoms with van der Waals surface area (Å²) in [5.41, 5.74) is 2.40. The van der Waals surface area contributed by atoms with Crippen LogP contribution in [0.5, 0.6) is 0 Å². The third-order valence-corrected chi connectivity index (χ3v) is 5.92. The van der Waals surface area contributed by atoms with Gasteiger partial charge in [-0.05, 0) is 42.3 Å². The highest BCUT2D eigenvalue weighted by Gasteiger charge is 2.27. The average Bonchev–Trinajstić information content (AvgIpc) is 2.78. The Balaban J connectivity index is 1.74. The van der Waals surface area contributed by atoms with E-state index in [1.165, 1.54) is 25.1 Å². The van der Waals surface area contributed by atoms with E-state index in [1.807, 2.05) is 24.3 Å². The zero-order valence-electron chi connectivity index (χ0n) is 18.9. The summed E-state index contributed by atoms with van der Waals surface area (Å²) in [6, 6.07) is 11.9. The van der Waals surface area contributed by atoms with Crippen LogP contribution in [0, 0.1) is 0 Å². The average molecular weight is 473 g/mol. The number of carbonyl (C=O) groups is 3. The van der Waals surface area contributed by atoms with Crippen molar-refractivity contribution in [3.8, 4) is 0 Å². The number of amides is 3. The van der Waals surface area contributed by atoms with E-state index in [0.29, 0.717) is 37.4 Å². The predicted molar refractivity (Wildman–Crippen MR) is 127 cm³/mol. The van der Waals surface area contributed by atoms with Crippen molar-refractivity contribution in [2.24, 2.45) is 0 Å². The van der Waals surface area contributed by atoms with E-state index in [4.69, 9.17) is 0 Å². The SMILES string of the molecule is CCc1ccc(C(=O)N2CCN(C(=O)c3cc(NC(C)=O)ccc3NS(C)(=O)=O)CC2)cc1. The van der Waals surface area contributed by atoms with Crippen molar-refractivity contribution in [1.82, 2.24) is 9.80 Å². The van der Waals surface area contributed by atoms with E-state index in [1.54, 1.807) is 9.80 Å². The van der Waals surface area contributed by atoms with Crippen LogP contribution >= 0.6 is 0 Å². The van der Waals surface area contributed by atoms with Crippen LogP contribution in [0.2, 0.25) is 0 Å². The van der Waals surface area contributed by atoms with E-state index < -0.39 is 10.0 Å². The van der Waals surface area contributed by atoms with Gasteiger partial charge in [0.1, 0.15) is 0 Å². The Morgan fingerprint density at radius 3 is 2.00 bits per heavy atom. The zero-order valence-corrected chi connectivity index (χ0v) is 19.7. The number of hydrogen-bond donors (Lipinski definition) is 2. The lowest BCUT2D eigenvalue weighted by Gasteiger charge is -2.35. The first kappa shape index (κ1) is 24.2. The molecule has 0 radical (unpaired) electrons. The van der Waals surface area contributed by atoms with Gasteiger partial charge in [-0.15, -0.1) is 0 Å². The van der Waals surface area contributed by atoms with Gasteiger partial charge in [-0.2, -0.15) is 0 Å². The molecule has 0 unspecified atom stereocenters. The van der Waals surface area contributed by atoms with Crippen LogP contribution in [0.1, 0.15) is 40.1 Å². The Morgan fingerprint density at radius 2 is 1.48 bits per heavy atom. The Morgan fingerprint density at radius 1 is 0.909 bits per heavy atom. The van der Waals surface area contributed by atoms with Crippen LogP contribution in [0.25, 0.3) is 0 Å². The number of piperazine rings is 1. The minimum absolute atomic E-state index is 0.0863. The molecular weight excluding hydrogens is 444 g/mol. The molecule has 176 valence electrons. The lowest BCUT2D eigenvalue weighted by atomic mass is 10.1. The molecule has 2 aromatic carbocycles. The maximum Gasteiger partial charge on any atom is 0.256 e. The van der Waals surface area contributed by atoms with Crippen LogP contribution in [-0.4, -0.2) is 68.4 Å². The van der Waals surface area contributed by atoms with E-state index >= 15 is 0 Å². The highest BCUT2D eigenvalue weighted by Crippen LogP contribution is 2.24. The normalized spacial score (nSPS) is 14.0. The molecule has 1 fully saturated rings. The van der Waals surface area contributed by atoms with E-state index in [9.17, 15) is 22.8 Å². The fourth-order valence-electron chi connectivity index (χ4n) is 3.64. The largest absolute Gasteiger partial charge is 0.335 e. The van der Waals surface area contributed by atoms with Crippen LogP contribution in [0.3, 0.4) is 0 Å². The van der Waals surface area contributed by atoms with Crippen LogP contribution in [0.15, 0.2) is 42.5 Å². The van der Waals surface area contributed by atoms with Crippen LogP contribution in [0.4, 0.5) is 11.4 Å². The van der Waals surface area contributed by atoms with Crippen molar-refractivity contribution >= 4 is 39.1 Å². The molecule has 1 aliphatic heterocycles. The van der Waals surface area contributed by atoms with Crippen molar-refractivity contribution in [2.75, 3.05) is 42.5 Å². The second-order valence-electron chi connectivity index (χ2n) is 7.95. The molecule has 0 saturated carbocycles. The summed E-state index contributed by atoms with van der Waals surface area (Å²) in [5.74, 6) is -0.777. The molecule has 0 aromatic heterocycles. The lowest BCUT2D eigenvalue weighted by molar-refractivity contribution is -0.114. The lowest BCUT2D eigenvalue weighted by Crippen LogP contribution is -2.50. The Hall–Kier alpha value is -3.40. The van der Waals surface area contributed by atoms with E-state index in [2.05, 4.69) is 17.0 Å². The predicted octanol–water partition coefficient (Wildman–Crippen LogP) is 2.18. The summed E-state index contributed by atoms with van der Waals surface area (Å²) in [7, 11) is -3.62. The molecule has 1 heterocycles. The van der Waals surface area contributed by atoms with Crippen LogP contribution < -0.4 is 10.0 Å². The van der Waals surface area contributed by atoms with Crippen molar-refractivity contribution < 1.29 is 22.8 Å². The molecule has 0 atom stereocenters. The molecule has 9 nitrogen and oxygen atoms in total. The molecule has 2 N–H and O–H groups in total. The number of nitrogens with one attached hydrogen (secondary N) is 2. The Labute approximate surface area is 193 Å². The first-order chi connectivity index (χ1) is 15.6. The highest BCUT2D eigenvalue weighted by atomic mass is 32.2. The molecule has 1 saturated heterocycles. The number of benzene rings is 2. The quantitative estimate of drug-likeness (QED) is 0.669. The Kier molecular flexibility index (Phi) is 7.37. The topological polar surface area (TPSA) is 116 Å². The van der Waals surface area contributed by atoms with Crippen molar-refractivity contribution in [2.45, 2.75) is 20.3 Å². The molecule has 0 spiro atoms. The summed E-state index contributed by atoms with van der Waals surface area (Å²) >= 11 is 0. The van der Waals surface area contributed by atoms with Crippen LogP contribution in [-0.2, 0) is 21.2 Å². The van der Waals surface area contributed by atoms with Crippen molar-refractivity contribution in [3.63, 3.8) is 0 Å². The summed E-state index contributed by atoms with van der Waals surface area (Å²) in [6.45, 7) is 4.73. The molecule has 2 aromatic rings. The van der Waals surface area contributed by atoms with Crippen molar-refractivity contribution in [3.05, 3.63) is 59.2 Å². The van der Waals surface area contributed by atoms with Gasteiger partial charge in [-0.1, -0.05) is 19.1 Å². The minimum Gasteiger partial charge on any atom is -0.335 e. The number of nitrogens with zero attached hydrogens (tertiary/aromatic N) is 2. The summed E-state index contributed by atoms with van der Waals surface area (Å²) in [5, 5.41) is 2.60. The molecule has 3 amide bonds. The molecule has 10 heteroatoms. The fraction of sp³-hybridized carbons (Fsp3) is 0.348. The van der Waals surface area contributed by atoms with Gasteiger partial charge in [0.15, 0.2) is 0 Å². The monoisotopic (exact) mass is 472 g/mol. The number of aryl methyl sites for hydroxylation is 1. The van der Waals surface area contributed by atoms with Gasteiger partial charge >= 0.3 is 0 Å². The van der Waals surface area contributed by atoms with Crippen molar-refractivity contribution in [1.29, 1.82) is 0 Å². The number of carbonyl (C=O) groups excluding carboxylic acids is 3.